The second-order valence-corrected chi connectivity index (χ2v) is 3.50. The molecular formula is C11H16N2O2. The first-order valence-electron chi connectivity index (χ1n) is 4.90. The fourth-order valence-corrected chi connectivity index (χ4v) is 1.46. The van der Waals surface area contributed by atoms with Gasteiger partial charge in [0.15, 0.2) is 0 Å². The second kappa shape index (κ2) is 4.68. The summed E-state index contributed by atoms with van der Waals surface area (Å²) in [6.07, 6.45) is 0.993. The monoisotopic (exact) mass is 208 g/mol. The van der Waals surface area contributed by atoms with E-state index in [0.29, 0.717) is 5.69 Å². The molecule has 0 unspecified atom stereocenters. The highest BCUT2D eigenvalue weighted by Crippen LogP contribution is 2.23. The smallest absolute Gasteiger partial charge is 0.335 e. The topological polar surface area (TPSA) is 66.6 Å². The zero-order chi connectivity index (χ0) is 11.4. The van der Waals surface area contributed by atoms with Gasteiger partial charge in [0.05, 0.1) is 16.9 Å². The lowest BCUT2D eigenvalue weighted by Gasteiger charge is -2.20. The van der Waals surface area contributed by atoms with Crippen LogP contribution in [-0.4, -0.2) is 24.7 Å². The van der Waals surface area contributed by atoms with Gasteiger partial charge in [-0.3, -0.25) is 0 Å². The Balaban J connectivity index is 3.04. The molecule has 3 N–H and O–H groups in total. The van der Waals surface area contributed by atoms with Crippen LogP contribution < -0.4 is 10.6 Å². The van der Waals surface area contributed by atoms with E-state index in [9.17, 15) is 4.79 Å². The predicted octanol–water partition coefficient (Wildman–Crippen LogP) is 1.81. The van der Waals surface area contributed by atoms with Crippen LogP contribution in [0.1, 0.15) is 23.7 Å². The Kier molecular flexibility index (Phi) is 3.55. The standard InChI is InChI=1S/C11H16N2O2/c1-3-6-13(2)10-7-8(11(14)15)4-5-9(10)12/h4-5,7H,3,6,12H2,1-2H3,(H,14,15). The summed E-state index contributed by atoms with van der Waals surface area (Å²) in [7, 11) is 1.90. The number of hydrogen-bond donors (Lipinski definition) is 2. The first-order chi connectivity index (χ1) is 7.06. The van der Waals surface area contributed by atoms with E-state index in [-0.39, 0.29) is 5.56 Å². The Morgan fingerprint density at radius 2 is 2.20 bits per heavy atom. The van der Waals surface area contributed by atoms with Crippen molar-refractivity contribution in [2.45, 2.75) is 13.3 Å². The normalized spacial score (nSPS) is 10.0. The molecule has 15 heavy (non-hydrogen) atoms. The average Bonchev–Trinajstić information content (AvgIpc) is 2.18. The number of rotatable bonds is 4. The van der Waals surface area contributed by atoms with Crippen molar-refractivity contribution in [1.29, 1.82) is 0 Å². The summed E-state index contributed by atoms with van der Waals surface area (Å²) in [6.45, 7) is 2.92. The van der Waals surface area contributed by atoms with Crippen molar-refractivity contribution in [3.8, 4) is 0 Å². The summed E-state index contributed by atoms with van der Waals surface area (Å²) in [5, 5.41) is 8.85. The minimum atomic E-state index is -0.929. The summed E-state index contributed by atoms with van der Waals surface area (Å²) >= 11 is 0. The van der Waals surface area contributed by atoms with Crippen LogP contribution in [0.15, 0.2) is 18.2 Å². The van der Waals surface area contributed by atoms with E-state index in [2.05, 4.69) is 6.92 Å². The lowest BCUT2D eigenvalue weighted by Crippen LogP contribution is -2.19. The van der Waals surface area contributed by atoms with E-state index in [1.807, 2.05) is 11.9 Å². The van der Waals surface area contributed by atoms with Crippen molar-refractivity contribution in [1.82, 2.24) is 0 Å². The fourth-order valence-electron chi connectivity index (χ4n) is 1.46. The van der Waals surface area contributed by atoms with E-state index < -0.39 is 5.97 Å². The van der Waals surface area contributed by atoms with Crippen LogP contribution in [0.4, 0.5) is 11.4 Å². The second-order valence-electron chi connectivity index (χ2n) is 3.50. The van der Waals surface area contributed by atoms with Crippen molar-refractivity contribution in [2.75, 3.05) is 24.2 Å². The molecule has 0 saturated heterocycles. The third-order valence-electron chi connectivity index (χ3n) is 2.25. The molecule has 0 aliphatic carbocycles. The maximum Gasteiger partial charge on any atom is 0.335 e. The molecule has 1 aromatic carbocycles. The number of carboxylic acids is 1. The van der Waals surface area contributed by atoms with Crippen LogP contribution in [0, 0.1) is 0 Å². The van der Waals surface area contributed by atoms with Gasteiger partial charge in [0, 0.05) is 13.6 Å². The van der Waals surface area contributed by atoms with Gasteiger partial charge in [-0.15, -0.1) is 0 Å². The van der Waals surface area contributed by atoms with Gasteiger partial charge in [-0.1, -0.05) is 6.92 Å². The van der Waals surface area contributed by atoms with Gasteiger partial charge in [0.2, 0.25) is 0 Å². The number of nitrogen functional groups attached to an aromatic ring is 1. The number of nitrogens with two attached hydrogens (primary N) is 1. The summed E-state index contributed by atoms with van der Waals surface area (Å²) in [4.78, 5) is 12.7. The van der Waals surface area contributed by atoms with Gasteiger partial charge < -0.3 is 15.7 Å². The van der Waals surface area contributed by atoms with Gasteiger partial charge in [0.1, 0.15) is 0 Å². The highest BCUT2D eigenvalue weighted by molar-refractivity contribution is 5.90. The van der Waals surface area contributed by atoms with Crippen LogP contribution in [0.3, 0.4) is 0 Å². The molecule has 0 saturated carbocycles. The van der Waals surface area contributed by atoms with Crippen LogP contribution in [0.2, 0.25) is 0 Å². The number of carbonyl (C=O) groups is 1. The average molecular weight is 208 g/mol. The molecular weight excluding hydrogens is 192 g/mol. The van der Waals surface area contributed by atoms with Crippen molar-refractivity contribution in [3.63, 3.8) is 0 Å². The van der Waals surface area contributed by atoms with Crippen LogP contribution >= 0.6 is 0 Å². The predicted molar refractivity (Wildman–Crippen MR) is 61.4 cm³/mol. The Labute approximate surface area is 89.3 Å². The van der Waals surface area contributed by atoms with Crippen molar-refractivity contribution < 1.29 is 9.90 Å². The van der Waals surface area contributed by atoms with E-state index >= 15 is 0 Å². The summed E-state index contributed by atoms with van der Waals surface area (Å²) in [5.74, 6) is -0.929. The molecule has 1 aromatic rings. The number of aromatic carboxylic acids is 1. The Morgan fingerprint density at radius 1 is 1.53 bits per heavy atom. The molecule has 0 spiro atoms. The van der Waals surface area contributed by atoms with Gasteiger partial charge in [0.25, 0.3) is 0 Å². The van der Waals surface area contributed by atoms with Gasteiger partial charge >= 0.3 is 5.97 Å². The molecule has 82 valence electrons. The summed E-state index contributed by atoms with van der Waals surface area (Å²) in [6, 6.07) is 4.75. The Bertz CT molecular complexity index is 364. The first-order valence-corrected chi connectivity index (χ1v) is 4.90. The first kappa shape index (κ1) is 11.4. The van der Waals surface area contributed by atoms with Gasteiger partial charge in [-0.25, -0.2) is 4.79 Å². The number of anilines is 2. The molecule has 4 heteroatoms. The van der Waals surface area contributed by atoms with Gasteiger partial charge in [-0.2, -0.15) is 0 Å². The van der Waals surface area contributed by atoms with E-state index in [1.54, 1.807) is 12.1 Å². The maximum atomic E-state index is 10.8. The van der Waals surface area contributed by atoms with E-state index in [4.69, 9.17) is 10.8 Å². The maximum absolute atomic E-state index is 10.8. The zero-order valence-electron chi connectivity index (χ0n) is 9.03. The number of hydrogen-bond acceptors (Lipinski definition) is 3. The van der Waals surface area contributed by atoms with Crippen LogP contribution in [0.25, 0.3) is 0 Å². The zero-order valence-corrected chi connectivity index (χ0v) is 9.03. The highest BCUT2D eigenvalue weighted by atomic mass is 16.4. The Morgan fingerprint density at radius 3 is 2.73 bits per heavy atom. The number of nitrogens with zero attached hydrogens (tertiary/aromatic N) is 1. The minimum Gasteiger partial charge on any atom is -0.478 e. The van der Waals surface area contributed by atoms with Crippen LogP contribution in [0.5, 0.6) is 0 Å². The van der Waals surface area contributed by atoms with Crippen molar-refractivity contribution in [3.05, 3.63) is 23.8 Å². The highest BCUT2D eigenvalue weighted by Gasteiger charge is 2.09. The SMILES string of the molecule is CCCN(C)c1cc(C(=O)O)ccc1N. The lowest BCUT2D eigenvalue weighted by atomic mass is 10.1. The third kappa shape index (κ3) is 2.62. The Hall–Kier alpha value is -1.71. The number of carboxylic acid groups (broad SMARTS) is 1. The van der Waals surface area contributed by atoms with E-state index in [0.717, 1.165) is 18.7 Å². The molecule has 0 aliphatic rings. The molecule has 0 heterocycles. The largest absolute Gasteiger partial charge is 0.478 e. The third-order valence-corrected chi connectivity index (χ3v) is 2.25. The minimum absolute atomic E-state index is 0.266. The quantitative estimate of drug-likeness (QED) is 0.740. The molecule has 0 aliphatic heterocycles. The van der Waals surface area contributed by atoms with E-state index in [1.165, 1.54) is 6.07 Å². The van der Waals surface area contributed by atoms with Gasteiger partial charge in [-0.05, 0) is 24.6 Å². The molecule has 0 bridgehead atoms. The molecule has 0 fully saturated rings. The summed E-state index contributed by atoms with van der Waals surface area (Å²) in [5.41, 5.74) is 7.43. The van der Waals surface area contributed by atoms with Crippen molar-refractivity contribution >= 4 is 17.3 Å². The fraction of sp³-hybridized carbons (Fsp3) is 0.364. The lowest BCUT2D eigenvalue weighted by molar-refractivity contribution is 0.0697. The number of benzene rings is 1. The molecule has 0 radical (unpaired) electrons. The molecule has 0 amide bonds. The van der Waals surface area contributed by atoms with Crippen molar-refractivity contribution in [2.24, 2.45) is 0 Å². The molecule has 4 nitrogen and oxygen atoms in total. The molecule has 1 rings (SSSR count). The summed E-state index contributed by atoms with van der Waals surface area (Å²) < 4.78 is 0. The molecule has 0 atom stereocenters. The molecule has 0 aromatic heterocycles. The van der Waals surface area contributed by atoms with Crippen LogP contribution in [-0.2, 0) is 0 Å².